The van der Waals surface area contributed by atoms with Gasteiger partial charge in [0.15, 0.2) is 0 Å². The predicted molar refractivity (Wildman–Crippen MR) is 648 cm³/mol. The van der Waals surface area contributed by atoms with Gasteiger partial charge >= 0.3 is 0 Å². The number of anilines is 12. The molecular formula is C146H124N4. The summed E-state index contributed by atoms with van der Waals surface area (Å²) in [6, 6.07) is 161. The van der Waals surface area contributed by atoms with Gasteiger partial charge in [-0.15, -0.1) is 0 Å². The Labute approximate surface area is 884 Å². The lowest BCUT2D eigenvalue weighted by Crippen LogP contribution is -2.12. The molecule has 0 saturated heterocycles. The van der Waals surface area contributed by atoms with E-state index in [1.54, 1.807) is 0 Å². The van der Waals surface area contributed by atoms with Crippen LogP contribution in [0.25, 0.3) is 154 Å². The Morgan fingerprint density at radius 1 is 0.107 bits per heavy atom. The second-order valence-electron chi connectivity index (χ2n) is 43.0. The molecule has 0 aliphatic carbocycles. The zero-order chi connectivity index (χ0) is 103. The van der Waals surface area contributed by atoms with E-state index in [1.165, 1.54) is 254 Å². The van der Waals surface area contributed by atoms with Gasteiger partial charge < -0.3 is 19.6 Å². The number of hydrogen-bond acceptors (Lipinski definition) is 4. The van der Waals surface area contributed by atoms with E-state index >= 15 is 0 Å². The van der Waals surface area contributed by atoms with Crippen molar-refractivity contribution in [2.75, 3.05) is 19.6 Å². The van der Waals surface area contributed by atoms with Crippen LogP contribution in [0.1, 0.15) is 100 Å². The third-order valence-corrected chi connectivity index (χ3v) is 30.0. The summed E-state index contributed by atoms with van der Waals surface area (Å²) in [6.45, 7) is 39.5. The molecule has 0 aliphatic rings. The van der Waals surface area contributed by atoms with Gasteiger partial charge in [-0.2, -0.15) is 0 Å². The van der Waals surface area contributed by atoms with Crippen molar-refractivity contribution < 1.29 is 0 Å². The first-order valence-electron chi connectivity index (χ1n) is 52.7. The standard InChI is InChI=1S/C74H64N2.C72H60N2/c1-45-11-19-65(20-12-45)75(67-41-61(57-31-47(3)27-48(4)32-57)39-62(42-67)58-33-49(5)28-50(6)34-58)71-25-17-55-16-24-70-72(26-18-56-15-23-69(71)73(55)74(56)70)76(66-21-13-46(2)14-22-66)68-43-63(59-35-51(7)29-52(8)36-59)40-64(44-68)60-37-53(9)30-54(10)38-60;1-45-27-46(2)32-55(31-45)59-39-60(56-33-47(3)28-48(4)34-56)42-65(41-59)73(63-15-11-9-12-16-63)69-25-21-53-20-24-68-70(26-22-54-19-23-67(69)71(53)72(54)68)74(64-17-13-10-14-18-64)66-43-61(57-35-49(5)29-50(6)36-57)40-62(44-66)58-37-51(7)30-52(8)38-58/h11-44H,1-10H3;9-44H,1-8H3. The van der Waals surface area contributed by atoms with Crippen molar-refractivity contribution in [3.63, 3.8) is 0 Å². The fourth-order valence-corrected chi connectivity index (χ4v) is 24.0. The summed E-state index contributed by atoms with van der Waals surface area (Å²) in [7, 11) is 0. The monoisotopic (exact) mass is 1930 g/mol. The lowest BCUT2D eigenvalue weighted by atomic mass is 9.91. The van der Waals surface area contributed by atoms with Gasteiger partial charge in [-0.3, -0.25) is 0 Å². The third kappa shape index (κ3) is 19.1. The summed E-state index contributed by atoms with van der Waals surface area (Å²) in [5.41, 5.74) is 55.2. The molecule has 24 aromatic carbocycles. The normalized spacial score (nSPS) is 11.5. The molecule has 24 rings (SSSR count). The van der Waals surface area contributed by atoms with Crippen LogP contribution in [0, 0.1) is 125 Å². The average molecular weight is 1930 g/mol. The van der Waals surface area contributed by atoms with Crippen LogP contribution in [0.15, 0.2) is 425 Å². The largest absolute Gasteiger partial charge is 0.310 e. The molecule has 0 aromatic heterocycles. The minimum absolute atomic E-state index is 1.10. The van der Waals surface area contributed by atoms with E-state index < -0.39 is 0 Å². The quantitative estimate of drug-likeness (QED) is 0.0705. The molecule has 0 radical (unpaired) electrons. The maximum atomic E-state index is 2.50. The second-order valence-corrected chi connectivity index (χ2v) is 43.0. The molecule has 0 unspecified atom stereocenters. The lowest BCUT2D eigenvalue weighted by molar-refractivity contribution is 1.28. The van der Waals surface area contributed by atoms with Crippen LogP contribution in [0.5, 0.6) is 0 Å². The molecule has 0 atom stereocenters. The molecule has 4 heteroatoms. The Kier molecular flexibility index (Phi) is 25.2. The molecule has 0 heterocycles. The third-order valence-electron chi connectivity index (χ3n) is 30.0. The Morgan fingerprint density at radius 2 is 0.253 bits per heavy atom. The topological polar surface area (TPSA) is 13.0 Å². The molecule has 0 amide bonds. The van der Waals surface area contributed by atoms with Gasteiger partial charge in [-0.1, -0.05) is 379 Å². The molecule has 24 aromatic rings. The van der Waals surface area contributed by atoms with Gasteiger partial charge in [0.25, 0.3) is 0 Å². The van der Waals surface area contributed by atoms with E-state index in [-0.39, 0.29) is 0 Å². The highest BCUT2D eigenvalue weighted by Crippen LogP contribution is 2.54. The van der Waals surface area contributed by atoms with E-state index in [4.69, 9.17) is 0 Å². The highest BCUT2D eigenvalue weighted by atomic mass is 15.2. The van der Waals surface area contributed by atoms with Gasteiger partial charge in [-0.05, 0) is 402 Å². The number of nitrogens with zero attached hydrogens (tertiary/aromatic N) is 4. The SMILES string of the molecule is Cc1cc(C)cc(-c2cc(-c3cc(C)cc(C)c3)cc(N(c3ccccc3)c3ccc4ccc5c(N(c6ccccc6)c6cc(-c7cc(C)cc(C)c7)cc(-c7cc(C)cc(C)c7)c6)ccc6ccc3c4c65)c2)c1.Cc1ccc(N(c2cc(-c3cc(C)cc(C)c3)cc(-c3cc(C)cc(C)c3)c2)c2ccc3ccc4c(N(c5ccc(C)cc5)c5cc(-c6cc(C)cc(C)c6)cc(-c6cc(C)cc(C)c6)c5)ccc5ccc2c3c54)cc1. The Morgan fingerprint density at radius 3 is 0.420 bits per heavy atom. The summed E-state index contributed by atoms with van der Waals surface area (Å²) in [5.74, 6) is 0. The van der Waals surface area contributed by atoms with Gasteiger partial charge in [0.05, 0.1) is 22.7 Å². The number of benzene rings is 24. The number of rotatable bonds is 20. The van der Waals surface area contributed by atoms with Crippen molar-refractivity contribution in [1.29, 1.82) is 0 Å². The van der Waals surface area contributed by atoms with Crippen LogP contribution in [-0.2, 0) is 0 Å². The number of aryl methyl sites for hydroxylation is 18. The zero-order valence-electron chi connectivity index (χ0n) is 89.2. The van der Waals surface area contributed by atoms with Crippen molar-refractivity contribution in [1.82, 2.24) is 0 Å². The Balaban J connectivity index is 0.000000164. The summed E-state index contributed by atoms with van der Waals surface area (Å²) < 4.78 is 0. The Hall–Kier alpha value is -17.4. The molecule has 4 nitrogen and oxygen atoms in total. The first-order valence-corrected chi connectivity index (χ1v) is 52.7. The highest BCUT2D eigenvalue weighted by Gasteiger charge is 2.29. The first-order chi connectivity index (χ1) is 72.6. The van der Waals surface area contributed by atoms with Crippen LogP contribution < -0.4 is 19.6 Å². The fourth-order valence-electron chi connectivity index (χ4n) is 24.0. The molecule has 0 fully saturated rings. The molecule has 150 heavy (non-hydrogen) atoms. The van der Waals surface area contributed by atoms with E-state index in [9.17, 15) is 0 Å². The van der Waals surface area contributed by atoms with Crippen LogP contribution in [0.4, 0.5) is 68.2 Å². The fraction of sp³-hybridized carbons (Fsp3) is 0.123. The molecule has 0 spiro atoms. The molecule has 0 bridgehead atoms. The minimum atomic E-state index is 1.10. The van der Waals surface area contributed by atoms with E-state index in [0.717, 1.165) is 68.2 Å². The van der Waals surface area contributed by atoms with Crippen molar-refractivity contribution in [2.24, 2.45) is 0 Å². The van der Waals surface area contributed by atoms with E-state index in [2.05, 4.69) is 569 Å². The predicted octanol–water partition coefficient (Wildman–Crippen LogP) is 41.9. The minimum Gasteiger partial charge on any atom is -0.310 e. The van der Waals surface area contributed by atoms with E-state index in [0.29, 0.717) is 0 Å². The molecule has 728 valence electrons. The highest BCUT2D eigenvalue weighted by molar-refractivity contribution is 6.30. The van der Waals surface area contributed by atoms with E-state index in [1.807, 2.05) is 0 Å². The van der Waals surface area contributed by atoms with Crippen LogP contribution >= 0.6 is 0 Å². The average Bonchev–Trinajstić information content (AvgIpc) is 0.719. The number of para-hydroxylation sites is 2. The molecule has 0 saturated carbocycles. The first kappa shape index (κ1) is 96.0. The summed E-state index contributed by atoms with van der Waals surface area (Å²) in [5, 5.41) is 14.7. The van der Waals surface area contributed by atoms with Gasteiger partial charge in [0.1, 0.15) is 0 Å². The maximum Gasteiger partial charge on any atom is 0.0540 e. The van der Waals surface area contributed by atoms with Crippen LogP contribution in [0.2, 0.25) is 0 Å². The van der Waals surface area contributed by atoms with Gasteiger partial charge in [0.2, 0.25) is 0 Å². The smallest absolute Gasteiger partial charge is 0.0540 e. The van der Waals surface area contributed by atoms with Gasteiger partial charge in [-0.25, -0.2) is 0 Å². The summed E-state index contributed by atoms with van der Waals surface area (Å²) >= 11 is 0. The van der Waals surface area contributed by atoms with Crippen LogP contribution in [-0.4, -0.2) is 0 Å². The number of hydrogen-bond donors (Lipinski definition) is 0. The van der Waals surface area contributed by atoms with Gasteiger partial charge in [0, 0.05) is 67.0 Å². The second kappa shape index (κ2) is 39.4. The molecular weight excluding hydrogens is 1810 g/mol. The van der Waals surface area contributed by atoms with Crippen LogP contribution in [0.3, 0.4) is 0 Å². The zero-order valence-corrected chi connectivity index (χ0v) is 89.2. The summed E-state index contributed by atoms with van der Waals surface area (Å²) in [4.78, 5) is 9.95. The van der Waals surface area contributed by atoms with Crippen molar-refractivity contribution >= 4 is 133 Å². The summed E-state index contributed by atoms with van der Waals surface area (Å²) in [6.07, 6.45) is 0. The lowest BCUT2D eigenvalue weighted by Gasteiger charge is -2.30. The van der Waals surface area contributed by atoms with Crippen molar-refractivity contribution in [3.8, 4) is 89.0 Å². The van der Waals surface area contributed by atoms with Crippen molar-refractivity contribution in [2.45, 2.75) is 125 Å². The maximum absolute atomic E-state index is 2.50. The van der Waals surface area contributed by atoms with Crippen molar-refractivity contribution in [3.05, 3.63) is 525 Å². The molecule has 0 aliphatic heterocycles. The molecule has 0 N–H and O–H groups in total. The Bertz CT molecular complexity index is 8420.